The van der Waals surface area contributed by atoms with Crippen LogP contribution in [0.3, 0.4) is 0 Å². The Bertz CT molecular complexity index is 8180. The van der Waals surface area contributed by atoms with Crippen LogP contribution in [0.15, 0.2) is 164 Å². The highest BCUT2D eigenvalue weighted by atomic mass is 16.7. The minimum atomic E-state index is -3.05. The number of ether oxygens (including phenoxy) is 18. The molecule has 0 spiro atoms. The standard InChI is InChI=1S/9C11H15NO2/c9*1-8(12-2)5-9-3-4-10-11(6-9)14-7-13-10/h9*3-4,6,8,12H,5,7H2,1-2H3/i1D3,2D3,3D,4D,6D,7D2;1D3,3D,4D,6D,7D2;1D3,2D3,3D,4D,6D;1D3,3D,4D,6D;1D3,2D3,5D2,7D2;1D3,5D2,7D2;1D3,2D3,5D2;2*1D3,5D2/hD5. The lowest BCUT2D eigenvalue weighted by Gasteiger charge is -2.10. The zero-order valence-electron chi connectivity index (χ0n) is 141. The van der Waals surface area contributed by atoms with Gasteiger partial charge in [-0.2, -0.15) is 0 Å². The van der Waals surface area contributed by atoms with Crippen LogP contribution in [0.1, 0.15) is 206 Å². The van der Waals surface area contributed by atoms with Gasteiger partial charge in [-0.15, -0.1) is 0 Å². The highest BCUT2D eigenvalue weighted by molar-refractivity contribution is 5.51. The molecule has 126 heavy (non-hydrogen) atoms. The number of benzene rings is 9. The van der Waals surface area contributed by atoms with Crippen molar-refractivity contribution in [3.63, 3.8) is 0 Å². The van der Waals surface area contributed by atoms with Gasteiger partial charge in [0.05, 0.1) is 16.4 Å². The first-order valence-corrected chi connectivity index (χ1v) is 37.0. The van der Waals surface area contributed by atoms with E-state index in [2.05, 4.69) is 10.6 Å². The second-order valence-corrected chi connectivity index (χ2v) is 25.2. The fourth-order valence-corrected chi connectivity index (χ4v) is 10.1. The summed E-state index contributed by atoms with van der Waals surface area (Å²) in [6.07, 6.45) is -13.4. The average Bonchev–Trinajstić information content (AvgIpc) is 1.57. The molecule has 684 valence electrons. The minimum absolute atomic E-state index is 0.00198. The highest BCUT2D eigenvalue weighted by Crippen LogP contribution is 2.40. The van der Waals surface area contributed by atoms with Gasteiger partial charge >= 0.3 is 0 Å². The molecule has 0 fully saturated rings. The summed E-state index contributed by atoms with van der Waals surface area (Å²) in [5.74, 6) is 1.02. The lowest BCUT2D eigenvalue weighted by Crippen LogP contribution is -2.23. The molecule has 9 aliphatic heterocycles. The summed E-state index contributed by atoms with van der Waals surface area (Å²) in [6, 6.07) is 1.32. The Labute approximate surface area is 850 Å². The summed E-state index contributed by atoms with van der Waals surface area (Å²) in [5, 5.41) is 10.8. The molecule has 9 heterocycles. The van der Waals surface area contributed by atoms with Crippen molar-refractivity contribution in [2.75, 3.05) is 124 Å². The Kier molecular flexibility index (Phi) is 15.4. The van der Waals surface area contributed by atoms with Crippen molar-refractivity contribution in [3.05, 3.63) is 214 Å². The largest absolute Gasteiger partial charge is 0.454 e. The van der Waals surface area contributed by atoms with E-state index in [0.717, 1.165) is 16.7 Å². The zero-order valence-corrected chi connectivity index (χ0v) is 67.3. The number of hydrogen-bond donors (Lipinski definition) is 9. The Morgan fingerprint density at radius 1 is 0.246 bits per heavy atom. The lowest BCUT2D eigenvalue weighted by molar-refractivity contribution is 0.173. The third-order valence-electron chi connectivity index (χ3n) is 16.4. The third-order valence-corrected chi connectivity index (χ3v) is 16.4. The quantitative estimate of drug-likeness (QED) is 0.0231. The lowest BCUT2D eigenvalue weighted by atomic mass is 10.1. The van der Waals surface area contributed by atoms with Crippen LogP contribution >= 0.6 is 0 Å². The Morgan fingerprint density at radius 2 is 0.468 bits per heavy atom. The fourth-order valence-electron chi connectivity index (χ4n) is 10.1. The molecule has 0 amide bonds. The van der Waals surface area contributed by atoms with Crippen molar-refractivity contribution >= 4 is 0 Å². The summed E-state index contributed by atoms with van der Waals surface area (Å²) in [6.45, 7) is -45.9. The first-order valence-electron chi connectivity index (χ1n) is 73.7. The topological polar surface area (TPSA) is 274 Å². The van der Waals surface area contributed by atoms with E-state index >= 15 is 0 Å². The molecule has 0 saturated carbocycles. The molecule has 27 nitrogen and oxygen atoms in total. The average molecular weight is 1810 g/mol. The summed E-state index contributed by atoms with van der Waals surface area (Å²) >= 11 is 0. The first-order chi connectivity index (χ1) is 90.3. The van der Waals surface area contributed by atoms with Gasteiger partial charge in [-0.3, -0.25) is 0 Å². The van der Waals surface area contributed by atoms with Crippen LogP contribution in [-0.2, 0) is 57.5 Å². The number of rotatable bonds is 27. The van der Waals surface area contributed by atoms with Crippen LogP contribution in [0, 0.1) is 0 Å². The molecule has 0 radical (unpaired) electrons. The molecule has 9 aliphatic rings. The number of fused-ring (bicyclic) bond motifs is 9. The highest BCUT2D eigenvalue weighted by Gasteiger charge is 2.23. The molecular weight excluding hydrogens is 1600 g/mol. The van der Waals surface area contributed by atoms with E-state index in [9.17, 15) is 0 Å². The third kappa shape index (κ3) is 31.0. The van der Waals surface area contributed by atoms with Crippen LogP contribution in [0.25, 0.3) is 0 Å². The predicted octanol–water partition coefficient (Wildman–Crippen LogP) is 14.1. The van der Waals surface area contributed by atoms with Gasteiger partial charge in [0.25, 0.3) is 0 Å². The van der Waals surface area contributed by atoms with Gasteiger partial charge in [0.2, 0.25) is 60.9 Å². The van der Waals surface area contributed by atoms with E-state index in [1.807, 2.05) is 10.6 Å². The molecule has 0 aliphatic carbocycles. The zero-order chi connectivity index (χ0) is 153. The Morgan fingerprint density at radius 3 is 0.754 bits per heavy atom. The second kappa shape index (κ2) is 51.0. The molecule has 0 aromatic heterocycles. The van der Waals surface area contributed by atoms with Crippen molar-refractivity contribution in [2.24, 2.45) is 0 Å². The monoisotopic (exact) mass is 1810 g/mol. The van der Waals surface area contributed by atoms with E-state index in [-0.39, 0.29) is 195 Å². The summed E-state index contributed by atoms with van der Waals surface area (Å²) in [5.41, 5.74) is -0.286. The van der Waals surface area contributed by atoms with Crippen molar-refractivity contribution in [3.8, 4) is 103 Å². The second-order valence-electron chi connectivity index (χ2n) is 25.2. The Balaban J connectivity index is 0.000000224. The number of hydrogen-bond acceptors (Lipinski definition) is 27. The van der Waals surface area contributed by atoms with Crippen LogP contribution in [0.4, 0.5) is 0 Å². The molecule has 9 unspecified atom stereocenters. The van der Waals surface area contributed by atoms with Gasteiger partial charge in [0.1, 0.15) is 18.0 Å². The summed E-state index contributed by atoms with van der Waals surface area (Å²) < 4.78 is 651. The minimum Gasteiger partial charge on any atom is -0.454 e. The summed E-state index contributed by atoms with van der Waals surface area (Å²) in [4.78, 5) is 0. The first kappa shape index (κ1) is 38.1. The van der Waals surface area contributed by atoms with Crippen LogP contribution in [0.5, 0.6) is 103 Å². The number of likely N-dealkylation sites (N-methyl/N-ethyl adjacent to an activating group) is 9. The predicted molar refractivity (Wildman–Crippen MR) is 493 cm³/mol. The van der Waals surface area contributed by atoms with Crippen LogP contribution in [0.2, 0.25) is 7.06 Å². The van der Waals surface area contributed by atoms with E-state index in [0.29, 0.717) is 39.8 Å². The smallest absolute Gasteiger partial charge is 0.231 e. The van der Waals surface area contributed by atoms with E-state index < -0.39 is 269 Å². The van der Waals surface area contributed by atoms with Crippen molar-refractivity contribution < 1.29 is 187 Å². The molecule has 9 N–H and O–H groups in total. The van der Waals surface area contributed by atoms with Gasteiger partial charge < -0.3 is 133 Å². The van der Waals surface area contributed by atoms with Gasteiger partial charge in [0.15, 0.2) is 103 Å². The van der Waals surface area contributed by atoms with Gasteiger partial charge in [-0.05, 0) is 341 Å². The van der Waals surface area contributed by atoms with E-state index in [1.54, 1.807) is 6.07 Å². The molecule has 0 saturated heterocycles. The van der Waals surface area contributed by atoms with Crippen molar-refractivity contribution in [2.45, 2.75) is 174 Å². The number of nitrogens with one attached hydrogen (secondary N) is 9. The Hall–Kier alpha value is -11.0. The molecule has 27 heteroatoms. The maximum atomic E-state index is 8.13. The molecule has 18 rings (SSSR count). The van der Waals surface area contributed by atoms with E-state index in [1.165, 1.54) is 114 Å². The molecular formula is C99H135N9O18. The fraction of sp³-hybridized carbons (Fsp3) is 0.455. The molecule has 9 aromatic carbocycles. The SMILES string of the molecule is [2H]C([2H])([2H])C(NC)C([2H])([2H])c1ccc2c(c1)OCO2.[2H]C([2H])([2H])NC(C([2H])([2H])[2H])C([2H])([2H])c1ccc2c(c1)OC([2H])([2H])O2.[2H]C([2H])([2H])NC(C([2H])([2H])[2H])C([2H])([2H])c1ccc2c(c1)OCO2.[2H]C1([2H])Oc2ccc(C([2H])([2H])C(NC)C([2H])([2H])[2H])cc2O1.[2H]N(C)C(C([2H])([2H])[2H])C([2H])([2H])c1ccc2c(c1)OCO2.[2H]c1c([2H])c2c(c([2H])c1CC(N([2H])C([2H])([2H])[2H])C([2H])([2H])[2H])OC([2H])([2H])O2.[2H]c1c([2H])c2c(c([2H])c1CC(N([2H])C([2H])([2H])[2H])C([2H])([2H])[2H])OCO2.[2H]c1c([2H])c2c(c([2H])c1CC(N([2H])C)C([2H])([2H])[2H])OC([2H])([2H])O2.[2H]c1c([2H])c2c(c([2H])c1CC(N([2H])C)C([2H])([2H])[2H])OCO2. The van der Waals surface area contributed by atoms with Crippen LogP contribution < -0.4 is 133 Å². The maximum Gasteiger partial charge on any atom is 0.231 e. The van der Waals surface area contributed by atoms with Crippen LogP contribution in [-0.4, -0.2) is 178 Å². The van der Waals surface area contributed by atoms with Crippen molar-refractivity contribution in [1.82, 2.24) is 47.8 Å². The van der Waals surface area contributed by atoms with Gasteiger partial charge in [-0.25, -0.2) is 0 Å². The van der Waals surface area contributed by atoms with Gasteiger partial charge in [-0.1, -0.05) is 54.5 Å². The maximum absolute atomic E-state index is 8.13. The van der Waals surface area contributed by atoms with E-state index in [4.69, 9.17) is 187 Å². The van der Waals surface area contributed by atoms with Gasteiger partial charge in [0, 0.05) is 122 Å². The molecule has 9 aromatic rings. The van der Waals surface area contributed by atoms with Crippen molar-refractivity contribution in [1.29, 1.82) is 0 Å². The summed E-state index contributed by atoms with van der Waals surface area (Å²) in [7, 11) is 6.58. The molecule has 0 bridgehead atoms. The molecule has 9 atom stereocenters. The normalized spacial score (nSPS) is 27.8.